The van der Waals surface area contributed by atoms with E-state index in [1.165, 1.54) is 40.5 Å². The Hall–Kier alpha value is -2.21. The van der Waals surface area contributed by atoms with Crippen LogP contribution in [-0.2, 0) is 10.0 Å². The Kier molecular flexibility index (Phi) is 5.14. The predicted molar refractivity (Wildman–Crippen MR) is 102 cm³/mol. The molecule has 0 saturated carbocycles. The van der Waals surface area contributed by atoms with Crippen LogP contribution in [0, 0.1) is 0 Å². The molecule has 0 aliphatic heterocycles. The first-order chi connectivity index (χ1) is 12.3. The maximum atomic E-state index is 12.5. The highest BCUT2D eigenvalue weighted by molar-refractivity contribution is 7.89. The number of thiol groups is 1. The summed E-state index contributed by atoms with van der Waals surface area (Å²) in [6.07, 6.45) is -0.640. The van der Waals surface area contributed by atoms with Crippen LogP contribution < -0.4 is 14.8 Å². The van der Waals surface area contributed by atoms with Crippen molar-refractivity contribution in [2.45, 2.75) is 16.2 Å². The van der Waals surface area contributed by atoms with Gasteiger partial charge in [-0.25, -0.2) is 28.3 Å². The summed E-state index contributed by atoms with van der Waals surface area (Å²) in [5.41, 5.74) is 0.701. The van der Waals surface area contributed by atoms with Crippen molar-refractivity contribution >= 4 is 56.2 Å². The van der Waals surface area contributed by atoms with E-state index in [4.69, 9.17) is 9.88 Å². The van der Waals surface area contributed by atoms with E-state index in [1.54, 1.807) is 19.1 Å². The van der Waals surface area contributed by atoms with E-state index >= 15 is 0 Å². The number of rotatable bonds is 4. The van der Waals surface area contributed by atoms with Gasteiger partial charge in [-0.05, 0) is 43.3 Å². The summed E-state index contributed by atoms with van der Waals surface area (Å²) in [6.45, 7) is 2.12. The Bertz CT molecular complexity index is 1060. The normalized spacial score (nSPS) is 11.5. The van der Waals surface area contributed by atoms with Gasteiger partial charge in [0.25, 0.3) is 0 Å². The molecule has 2 heterocycles. The second-order valence-corrected chi connectivity index (χ2v) is 8.38. The van der Waals surface area contributed by atoms with Crippen molar-refractivity contribution in [3.8, 4) is 5.75 Å². The van der Waals surface area contributed by atoms with Gasteiger partial charge in [0.05, 0.1) is 4.90 Å². The van der Waals surface area contributed by atoms with Gasteiger partial charge in [-0.2, -0.15) is 0 Å². The number of benzene rings is 1. The average Bonchev–Trinajstić information content (AvgIpc) is 2.94. The molecule has 136 valence electrons. The lowest BCUT2D eigenvalue weighted by Crippen LogP contribution is -2.34. The Morgan fingerprint density at radius 1 is 1.23 bits per heavy atom. The fraction of sp³-hybridized carbons (Fsp3) is 0.133. The average molecular weight is 411 g/mol. The van der Waals surface area contributed by atoms with Crippen molar-refractivity contribution in [3.63, 3.8) is 0 Å². The molecule has 0 fully saturated rings. The van der Waals surface area contributed by atoms with Crippen LogP contribution in [0.2, 0.25) is 0 Å². The maximum absolute atomic E-state index is 12.5. The number of fused-ring (bicyclic) bond motifs is 1. The van der Waals surface area contributed by atoms with Gasteiger partial charge >= 0.3 is 6.09 Å². The molecule has 0 saturated heterocycles. The second kappa shape index (κ2) is 7.19. The van der Waals surface area contributed by atoms with Crippen molar-refractivity contribution in [2.75, 3.05) is 11.4 Å². The molecule has 0 aliphatic carbocycles. The van der Waals surface area contributed by atoms with E-state index in [1.807, 2.05) is 0 Å². The van der Waals surface area contributed by atoms with E-state index in [0.29, 0.717) is 27.0 Å². The highest BCUT2D eigenvalue weighted by Crippen LogP contribution is 2.26. The first kappa shape index (κ1) is 18.6. The highest BCUT2D eigenvalue weighted by Gasteiger charge is 2.19. The largest absolute Gasteiger partial charge is 0.420 e. The molecule has 0 aliphatic rings. The van der Waals surface area contributed by atoms with Crippen molar-refractivity contribution < 1.29 is 17.9 Å². The summed E-state index contributed by atoms with van der Waals surface area (Å²) < 4.78 is 28.4. The molecule has 0 bridgehead atoms. The van der Waals surface area contributed by atoms with Crippen LogP contribution in [0.4, 0.5) is 10.6 Å². The van der Waals surface area contributed by atoms with Crippen molar-refractivity contribution in [1.29, 1.82) is 0 Å². The molecule has 0 atom stereocenters. The number of carbonyl (C=O) groups excluding carboxylic acids is 1. The van der Waals surface area contributed by atoms with Gasteiger partial charge in [0.2, 0.25) is 10.0 Å². The number of carbonyl (C=O) groups is 1. The van der Waals surface area contributed by atoms with E-state index in [9.17, 15) is 13.2 Å². The zero-order valence-corrected chi connectivity index (χ0v) is 16.0. The number of hydrogen-bond acceptors (Lipinski definition) is 8. The summed E-state index contributed by atoms with van der Waals surface area (Å²) >= 11 is 5.51. The lowest BCUT2D eigenvalue weighted by atomic mass is 10.3. The summed E-state index contributed by atoms with van der Waals surface area (Å²) in [4.78, 5) is 23.0. The number of ether oxygens (including phenoxy) is 1. The molecule has 26 heavy (non-hydrogen) atoms. The molecule has 1 amide bonds. The minimum atomic E-state index is -3.80. The second-order valence-electron chi connectivity index (χ2n) is 5.12. The van der Waals surface area contributed by atoms with Crippen LogP contribution in [0.5, 0.6) is 5.75 Å². The fourth-order valence-corrected chi connectivity index (χ4v) is 3.74. The first-order valence-corrected chi connectivity index (χ1v) is 10.2. The number of anilines is 1. The van der Waals surface area contributed by atoms with Crippen molar-refractivity contribution in [1.82, 2.24) is 9.97 Å². The van der Waals surface area contributed by atoms with Crippen LogP contribution in [-0.4, -0.2) is 31.0 Å². The highest BCUT2D eigenvalue weighted by atomic mass is 32.2. The molecule has 1 aromatic carbocycles. The predicted octanol–water partition coefficient (Wildman–Crippen LogP) is 2.65. The third kappa shape index (κ3) is 3.96. The van der Waals surface area contributed by atoms with E-state index in [-0.39, 0.29) is 10.6 Å². The van der Waals surface area contributed by atoms with E-state index in [0.717, 1.165) is 0 Å². The topological polar surface area (TPSA) is 115 Å². The molecule has 0 spiro atoms. The zero-order valence-electron chi connectivity index (χ0n) is 13.5. The molecular formula is C15H14N4O4S3. The van der Waals surface area contributed by atoms with Gasteiger partial charge in [-0.1, -0.05) is 11.3 Å². The van der Waals surface area contributed by atoms with Gasteiger partial charge < -0.3 is 4.74 Å². The minimum Gasteiger partial charge on any atom is -0.410 e. The molecule has 0 radical (unpaired) electrons. The van der Waals surface area contributed by atoms with E-state index < -0.39 is 16.1 Å². The van der Waals surface area contributed by atoms with Crippen LogP contribution in [0.3, 0.4) is 0 Å². The molecule has 2 N–H and O–H groups in total. The Balaban J connectivity index is 1.81. The molecule has 3 rings (SSSR count). The number of hydrogen-bond donors (Lipinski definition) is 2. The molecule has 11 heteroatoms. The number of nitrogens with two attached hydrogens (primary N) is 1. The molecule has 3 aromatic rings. The number of aromatic nitrogens is 2. The Labute approximate surface area is 159 Å². The lowest BCUT2D eigenvalue weighted by Gasteiger charge is -2.19. The first-order valence-electron chi connectivity index (χ1n) is 7.36. The van der Waals surface area contributed by atoms with Crippen molar-refractivity contribution in [2.24, 2.45) is 5.14 Å². The number of primary sulfonamides is 1. The SMILES string of the molecule is CCN(C(=O)Oc1ccc(S(N)(=O)=O)cc1)c1ccc2nc(S)sc2n1. The summed E-state index contributed by atoms with van der Waals surface area (Å²) in [7, 11) is -3.80. The Morgan fingerprint density at radius 2 is 1.92 bits per heavy atom. The number of thiazole rings is 1. The van der Waals surface area contributed by atoms with Crippen LogP contribution in [0.15, 0.2) is 45.6 Å². The van der Waals surface area contributed by atoms with Crippen molar-refractivity contribution in [3.05, 3.63) is 36.4 Å². The van der Waals surface area contributed by atoms with Crippen LogP contribution in [0.25, 0.3) is 10.3 Å². The summed E-state index contributed by atoms with van der Waals surface area (Å²) in [6, 6.07) is 8.68. The van der Waals surface area contributed by atoms with E-state index in [2.05, 4.69) is 22.6 Å². The number of amides is 1. The van der Waals surface area contributed by atoms with Gasteiger partial charge in [-0.3, -0.25) is 4.90 Å². The third-order valence-corrected chi connectivity index (χ3v) is 5.47. The molecule has 8 nitrogen and oxygen atoms in total. The molecular weight excluding hydrogens is 396 g/mol. The van der Waals surface area contributed by atoms with Gasteiger partial charge in [0.15, 0.2) is 0 Å². The number of pyridine rings is 1. The maximum Gasteiger partial charge on any atom is 0.420 e. The smallest absolute Gasteiger partial charge is 0.410 e. The molecule has 0 unspecified atom stereocenters. The number of sulfonamides is 1. The summed E-state index contributed by atoms with van der Waals surface area (Å²) in [5.74, 6) is 0.612. The standard InChI is InChI=1S/C15H14N4O4S3/c1-2-19(12-8-7-11-13(18-12)25-14(24)17-11)15(20)23-9-3-5-10(6-4-9)26(16,21)22/h3-8H,2H2,1H3,(H,17,24)(H2,16,21,22). The van der Waals surface area contributed by atoms with Crippen LogP contribution in [0.1, 0.15) is 6.92 Å². The lowest BCUT2D eigenvalue weighted by molar-refractivity contribution is 0.207. The van der Waals surface area contributed by atoms with Gasteiger partial charge in [0, 0.05) is 6.54 Å². The monoisotopic (exact) mass is 410 g/mol. The zero-order chi connectivity index (χ0) is 18.9. The summed E-state index contributed by atoms with van der Waals surface area (Å²) in [5, 5.41) is 5.04. The van der Waals surface area contributed by atoms with Gasteiger partial charge in [0.1, 0.15) is 26.3 Å². The quantitative estimate of drug-likeness (QED) is 0.639. The van der Waals surface area contributed by atoms with Gasteiger partial charge in [-0.15, -0.1) is 12.6 Å². The number of nitrogens with zero attached hydrogens (tertiary/aromatic N) is 3. The third-order valence-electron chi connectivity index (χ3n) is 3.40. The minimum absolute atomic E-state index is 0.0653. The Morgan fingerprint density at radius 3 is 2.54 bits per heavy atom. The fourth-order valence-electron chi connectivity index (χ4n) is 2.18. The van der Waals surface area contributed by atoms with Crippen LogP contribution >= 0.6 is 24.0 Å². The molecule has 2 aromatic heterocycles.